The van der Waals surface area contributed by atoms with Crippen molar-refractivity contribution < 1.29 is 50.1 Å². The Labute approximate surface area is 260 Å². The first-order valence-electron chi connectivity index (χ1n) is 13.9. The number of amides is 1. The van der Waals surface area contributed by atoms with Crippen molar-refractivity contribution in [3.8, 4) is 11.5 Å². The van der Waals surface area contributed by atoms with E-state index < -0.39 is 53.4 Å². The van der Waals surface area contributed by atoms with E-state index in [4.69, 9.17) is 14.2 Å². The maximum absolute atomic E-state index is 13.3. The van der Waals surface area contributed by atoms with Crippen molar-refractivity contribution in [3.63, 3.8) is 0 Å². The maximum atomic E-state index is 13.3. The van der Waals surface area contributed by atoms with Crippen LogP contribution in [0.3, 0.4) is 0 Å². The van der Waals surface area contributed by atoms with Crippen LogP contribution in [-0.2, 0) is 52.7 Å². The van der Waals surface area contributed by atoms with Crippen LogP contribution < -0.4 is 14.8 Å². The van der Waals surface area contributed by atoms with Crippen LogP contribution >= 0.6 is 0 Å². The summed E-state index contributed by atoms with van der Waals surface area (Å²) in [7, 11) is 1.08. The van der Waals surface area contributed by atoms with Gasteiger partial charge in [0.05, 0.1) is 24.7 Å². The summed E-state index contributed by atoms with van der Waals surface area (Å²) in [5, 5.41) is 2.37. The number of hydrogen-bond donors (Lipinski definition) is 1. The Kier molecular flexibility index (Phi) is 10.9. The van der Waals surface area contributed by atoms with E-state index >= 15 is 0 Å². The van der Waals surface area contributed by atoms with Gasteiger partial charge in [-0.3, -0.25) is 4.79 Å². The number of methoxy groups -OCH3 is 1. The molecule has 12 heteroatoms. The number of rotatable bonds is 12. The molecule has 0 aromatic heterocycles. The van der Waals surface area contributed by atoms with Gasteiger partial charge in [-0.1, -0.05) is 66.7 Å². The molecule has 4 aromatic rings. The molecular formula is C34H29F6NO5. The molecule has 0 bridgehead atoms. The molecule has 0 spiro atoms. The second kappa shape index (κ2) is 14.9. The maximum Gasteiger partial charge on any atom is 0.416 e. The monoisotopic (exact) mass is 645 g/mol. The Bertz CT molecular complexity index is 1590. The van der Waals surface area contributed by atoms with E-state index in [0.29, 0.717) is 29.2 Å². The minimum atomic E-state index is -5.07. The van der Waals surface area contributed by atoms with Gasteiger partial charge in [-0.2, -0.15) is 26.3 Å². The second-order valence-electron chi connectivity index (χ2n) is 10.3. The summed E-state index contributed by atoms with van der Waals surface area (Å²) >= 11 is 0. The summed E-state index contributed by atoms with van der Waals surface area (Å²) in [6.45, 7) is 0.439. The highest BCUT2D eigenvalue weighted by atomic mass is 19.4. The molecule has 0 saturated carbocycles. The van der Waals surface area contributed by atoms with E-state index in [-0.39, 0.29) is 25.7 Å². The third-order valence-electron chi connectivity index (χ3n) is 6.76. The summed E-state index contributed by atoms with van der Waals surface area (Å²) < 4.78 is 96.5. The van der Waals surface area contributed by atoms with Gasteiger partial charge in [-0.15, -0.1) is 0 Å². The molecule has 4 aromatic carbocycles. The van der Waals surface area contributed by atoms with Crippen molar-refractivity contribution in [2.45, 2.75) is 44.4 Å². The highest BCUT2D eigenvalue weighted by molar-refractivity contribution is 5.86. The number of alkyl halides is 6. The van der Waals surface area contributed by atoms with Crippen LogP contribution in [0.4, 0.5) is 26.3 Å². The Hall–Kier alpha value is -5.00. The van der Waals surface area contributed by atoms with Gasteiger partial charge in [-0.25, -0.2) is 4.79 Å². The van der Waals surface area contributed by atoms with Crippen LogP contribution in [-0.4, -0.2) is 25.0 Å². The summed E-state index contributed by atoms with van der Waals surface area (Å²) in [4.78, 5) is 25.4. The molecular weight excluding hydrogens is 616 g/mol. The van der Waals surface area contributed by atoms with Crippen LogP contribution in [0.1, 0.15) is 33.4 Å². The topological polar surface area (TPSA) is 73.9 Å². The van der Waals surface area contributed by atoms with Gasteiger partial charge in [0.1, 0.15) is 19.3 Å². The van der Waals surface area contributed by atoms with Crippen molar-refractivity contribution >= 4 is 11.9 Å². The number of esters is 1. The third-order valence-corrected chi connectivity index (χ3v) is 6.76. The highest BCUT2D eigenvalue weighted by Crippen LogP contribution is 2.36. The molecule has 0 aliphatic heterocycles. The minimum Gasteiger partial charge on any atom is -0.485 e. The molecule has 1 amide bonds. The number of hydrogen-bond acceptors (Lipinski definition) is 5. The number of halogens is 6. The lowest BCUT2D eigenvalue weighted by atomic mass is 10.0. The van der Waals surface area contributed by atoms with Crippen LogP contribution in [0.5, 0.6) is 11.5 Å². The minimum absolute atomic E-state index is 0.0245. The van der Waals surface area contributed by atoms with Crippen LogP contribution in [0.2, 0.25) is 0 Å². The second-order valence-corrected chi connectivity index (χ2v) is 10.3. The van der Waals surface area contributed by atoms with Crippen molar-refractivity contribution in [2.24, 2.45) is 0 Å². The third kappa shape index (κ3) is 9.75. The van der Waals surface area contributed by atoms with Gasteiger partial charge in [0.2, 0.25) is 5.91 Å². The Morgan fingerprint density at radius 1 is 0.652 bits per heavy atom. The molecule has 46 heavy (non-hydrogen) atoms. The fourth-order valence-corrected chi connectivity index (χ4v) is 4.51. The molecule has 0 radical (unpaired) electrons. The number of ether oxygens (including phenoxy) is 3. The molecule has 1 N–H and O–H groups in total. The van der Waals surface area contributed by atoms with E-state index in [1.165, 1.54) is 0 Å². The van der Waals surface area contributed by atoms with Crippen LogP contribution in [0, 0.1) is 0 Å². The number of carbonyl (C=O) groups excluding carboxylic acids is 2. The van der Waals surface area contributed by atoms with E-state index in [2.05, 4.69) is 5.32 Å². The van der Waals surface area contributed by atoms with Gasteiger partial charge >= 0.3 is 18.3 Å². The Balaban J connectivity index is 1.54. The largest absolute Gasteiger partial charge is 0.485 e. The zero-order valence-corrected chi connectivity index (χ0v) is 24.5. The lowest BCUT2D eigenvalue weighted by molar-refractivity contribution is -0.145. The van der Waals surface area contributed by atoms with Gasteiger partial charge in [-0.05, 0) is 52.6 Å². The van der Waals surface area contributed by atoms with Gasteiger partial charge in [0.25, 0.3) is 0 Å². The van der Waals surface area contributed by atoms with E-state index in [1.54, 1.807) is 18.2 Å². The average molecular weight is 646 g/mol. The van der Waals surface area contributed by atoms with E-state index in [9.17, 15) is 35.9 Å². The van der Waals surface area contributed by atoms with Gasteiger partial charge in [0.15, 0.2) is 11.5 Å². The van der Waals surface area contributed by atoms with Gasteiger partial charge in [0, 0.05) is 6.42 Å². The Morgan fingerprint density at radius 2 is 1.17 bits per heavy atom. The summed E-state index contributed by atoms with van der Waals surface area (Å²) in [6, 6.07) is 23.2. The molecule has 0 aliphatic rings. The standard InChI is InChI=1S/C34H29F6NO5/c1-44-32(43)28(41-31(42)18-25-14-26(33(35,36)37)19-27(15-25)34(38,39)40)16-24-12-13-29(45-20-22-8-4-2-5-9-22)30(17-24)46-21-23-10-6-3-7-11-23/h2-15,17,19,28H,16,18,20-21H2,1H3,(H,41,42)/t28-/m1/s1. The SMILES string of the molecule is COC(=O)[C@@H](Cc1ccc(OCc2ccccc2)c(OCc2ccccc2)c1)NC(=O)Cc1cc(C(F)(F)F)cc(C(F)(F)F)c1. The first-order valence-corrected chi connectivity index (χ1v) is 13.9. The quantitative estimate of drug-likeness (QED) is 0.129. The molecule has 0 saturated heterocycles. The number of carbonyl (C=O) groups is 2. The zero-order chi connectivity index (χ0) is 33.3. The average Bonchev–Trinajstić information content (AvgIpc) is 3.02. The smallest absolute Gasteiger partial charge is 0.416 e. The summed E-state index contributed by atoms with van der Waals surface area (Å²) in [5.41, 5.74) is -1.33. The molecule has 0 unspecified atom stereocenters. The van der Waals surface area contributed by atoms with Gasteiger partial charge < -0.3 is 19.5 Å². The molecule has 1 atom stereocenters. The fourth-order valence-electron chi connectivity index (χ4n) is 4.51. The first-order chi connectivity index (χ1) is 21.8. The fraction of sp³-hybridized carbons (Fsp3) is 0.235. The number of nitrogens with one attached hydrogen (secondary N) is 1. The lowest BCUT2D eigenvalue weighted by Gasteiger charge is -2.19. The molecule has 4 rings (SSSR count). The van der Waals surface area contributed by atoms with Crippen LogP contribution in [0.15, 0.2) is 97.1 Å². The summed E-state index contributed by atoms with van der Waals surface area (Å²) in [5.74, 6) is -1.10. The normalized spacial score (nSPS) is 12.2. The van der Waals surface area contributed by atoms with E-state index in [0.717, 1.165) is 18.2 Å². The first kappa shape index (κ1) is 33.9. The van der Waals surface area contributed by atoms with Crippen LogP contribution in [0.25, 0.3) is 0 Å². The molecule has 6 nitrogen and oxygen atoms in total. The lowest BCUT2D eigenvalue weighted by Crippen LogP contribution is -2.43. The van der Waals surface area contributed by atoms with Crippen molar-refractivity contribution in [1.82, 2.24) is 5.32 Å². The number of benzene rings is 4. The summed E-state index contributed by atoms with van der Waals surface area (Å²) in [6.07, 6.45) is -11.1. The highest BCUT2D eigenvalue weighted by Gasteiger charge is 2.37. The van der Waals surface area contributed by atoms with Crippen molar-refractivity contribution in [1.29, 1.82) is 0 Å². The predicted octanol–water partition coefficient (Wildman–Crippen LogP) is 7.33. The molecule has 242 valence electrons. The molecule has 0 fully saturated rings. The molecule has 0 heterocycles. The van der Waals surface area contributed by atoms with E-state index in [1.807, 2.05) is 60.7 Å². The van der Waals surface area contributed by atoms with Crippen molar-refractivity contribution in [2.75, 3.05) is 7.11 Å². The van der Waals surface area contributed by atoms with Crippen molar-refractivity contribution in [3.05, 3.63) is 130 Å². The molecule has 0 aliphatic carbocycles. The predicted molar refractivity (Wildman–Crippen MR) is 156 cm³/mol. The Morgan fingerprint density at radius 3 is 1.67 bits per heavy atom. The zero-order valence-electron chi connectivity index (χ0n) is 24.5.